The standard InChI is InChI=1S/C29H39N5O2S/c1-18(2)25-26(22-16-34(5)28-21(22)8-7-15-30-28)33-24-14-13-23(32-27(24)25)19-9-11-20(12-10-19)31-17-29(3,4)37(6,35)36/h7-8,13-16,18-20,31,33H,9-12,17H2,1-6H3. The van der Waals surface area contributed by atoms with Crippen LogP contribution in [0.2, 0.25) is 0 Å². The van der Waals surface area contributed by atoms with E-state index in [1.165, 1.54) is 11.8 Å². The maximum atomic E-state index is 12.0. The van der Waals surface area contributed by atoms with Gasteiger partial charge in [0.2, 0.25) is 0 Å². The first kappa shape index (κ1) is 25.9. The summed E-state index contributed by atoms with van der Waals surface area (Å²) >= 11 is 0. The third-order valence-corrected chi connectivity index (χ3v) is 10.4. The molecule has 37 heavy (non-hydrogen) atoms. The van der Waals surface area contributed by atoms with E-state index < -0.39 is 14.6 Å². The van der Waals surface area contributed by atoms with E-state index in [1.807, 2.05) is 19.3 Å². The van der Waals surface area contributed by atoms with Crippen molar-refractivity contribution < 1.29 is 8.42 Å². The summed E-state index contributed by atoms with van der Waals surface area (Å²) in [5, 5.41) is 4.66. The SMILES string of the molecule is CC(C)c1c(-c2cn(C)c3ncccc23)[nH]c2ccc(C3CCC(NCC(C)(C)S(C)(=O)=O)CC3)nc12. The molecule has 8 heteroatoms. The average molecular weight is 522 g/mol. The molecular formula is C29H39N5O2S. The molecule has 1 saturated carbocycles. The Bertz CT molecular complexity index is 1540. The number of pyridine rings is 2. The lowest BCUT2D eigenvalue weighted by molar-refractivity contribution is 0.331. The molecule has 0 spiro atoms. The van der Waals surface area contributed by atoms with Gasteiger partial charge in [-0.1, -0.05) is 13.8 Å². The lowest BCUT2D eigenvalue weighted by Gasteiger charge is -2.32. The van der Waals surface area contributed by atoms with Crippen molar-refractivity contribution in [2.75, 3.05) is 12.8 Å². The molecular weight excluding hydrogens is 482 g/mol. The van der Waals surface area contributed by atoms with E-state index in [9.17, 15) is 8.42 Å². The van der Waals surface area contributed by atoms with Crippen LogP contribution >= 0.6 is 0 Å². The number of nitrogens with one attached hydrogen (secondary N) is 2. The van der Waals surface area contributed by atoms with Crippen molar-refractivity contribution in [3.05, 3.63) is 47.9 Å². The number of sulfone groups is 1. The Balaban J connectivity index is 1.39. The topological polar surface area (TPSA) is 92.7 Å². The van der Waals surface area contributed by atoms with E-state index >= 15 is 0 Å². The fourth-order valence-corrected chi connectivity index (χ4v) is 5.97. The van der Waals surface area contributed by atoms with Gasteiger partial charge in [0.25, 0.3) is 0 Å². The van der Waals surface area contributed by atoms with Gasteiger partial charge in [0.1, 0.15) is 5.65 Å². The Morgan fingerprint density at radius 3 is 2.57 bits per heavy atom. The molecule has 0 radical (unpaired) electrons. The van der Waals surface area contributed by atoms with Gasteiger partial charge in [0, 0.05) is 66.4 Å². The highest BCUT2D eigenvalue weighted by Gasteiger charge is 2.32. The van der Waals surface area contributed by atoms with Crippen LogP contribution in [0.3, 0.4) is 0 Å². The number of nitrogens with zero attached hydrogens (tertiary/aromatic N) is 3. The summed E-state index contributed by atoms with van der Waals surface area (Å²) in [6.07, 6.45) is 9.49. The van der Waals surface area contributed by atoms with Crippen LogP contribution < -0.4 is 5.32 Å². The minimum atomic E-state index is -3.10. The number of hydrogen-bond donors (Lipinski definition) is 2. The third kappa shape index (κ3) is 4.81. The van der Waals surface area contributed by atoms with Crippen LogP contribution in [0.25, 0.3) is 33.3 Å². The highest BCUT2D eigenvalue weighted by Crippen LogP contribution is 2.40. The fraction of sp³-hybridized carbons (Fsp3) is 0.517. The molecule has 0 unspecified atom stereocenters. The molecule has 0 aromatic carbocycles. The predicted octanol–water partition coefficient (Wildman–Crippen LogP) is 5.68. The molecule has 4 aromatic heterocycles. The van der Waals surface area contributed by atoms with Crippen LogP contribution in [-0.4, -0.2) is 51.5 Å². The first-order chi connectivity index (χ1) is 17.5. The lowest BCUT2D eigenvalue weighted by atomic mass is 9.83. The summed E-state index contributed by atoms with van der Waals surface area (Å²) in [6.45, 7) is 8.55. The smallest absolute Gasteiger partial charge is 0.153 e. The van der Waals surface area contributed by atoms with Gasteiger partial charge < -0.3 is 14.9 Å². The monoisotopic (exact) mass is 521 g/mol. The van der Waals surface area contributed by atoms with Gasteiger partial charge >= 0.3 is 0 Å². The Morgan fingerprint density at radius 2 is 1.89 bits per heavy atom. The minimum absolute atomic E-state index is 0.316. The fourth-order valence-electron chi connectivity index (χ4n) is 5.63. The first-order valence-corrected chi connectivity index (χ1v) is 15.2. The second-order valence-electron chi connectivity index (χ2n) is 11.7. The number of fused-ring (bicyclic) bond motifs is 2. The van der Waals surface area contributed by atoms with Gasteiger partial charge in [-0.05, 0) is 69.7 Å². The summed E-state index contributed by atoms with van der Waals surface area (Å²) < 4.78 is 25.4. The molecule has 1 aliphatic carbocycles. The number of aromatic amines is 1. The summed E-state index contributed by atoms with van der Waals surface area (Å²) in [7, 11) is -1.06. The zero-order valence-corrected chi connectivity index (χ0v) is 23.6. The maximum Gasteiger partial charge on any atom is 0.153 e. The zero-order chi connectivity index (χ0) is 26.5. The lowest BCUT2D eigenvalue weighted by Crippen LogP contribution is -2.46. The van der Waals surface area contributed by atoms with Crippen molar-refractivity contribution in [1.82, 2.24) is 24.8 Å². The molecule has 0 bridgehead atoms. The minimum Gasteiger partial charge on any atom is -0.353 e. The van der Waals surface area contributed by atoms with Gasteiger partial charge in [-0.2, -0.15) is 0 Å². The van der Waals surface area contributed by atoms with Gasteiger partial charge in [-0.3, -0.25) is 4.98 Å². The summed E-state index contributed by atoms with van der Waals surface area (Å²) in [5.74, 6) is 0.738. The zero-order valence-electron chi connectivity index (χ0n) is 22.8. The largest absolute Gasteiger partial charge is 0.353 e. The maximum absolute atomic E-state index is 12.0. The Labute approximate surface area is 220 Å². The molecule has 0 amide bonds. The van der Waals surface area contributed by atoms with E-state index in [0.717, 1.165) is 64.7 Å². The number of H-pyrrole nitrogens is 1. The van der Waals surface area contributed by atoms with E-state index in [-0.39, 0.29) is 0 Å². The molecule has 0 atom stereocenters. The Hall–Kier alpha value is -2.71. The van der Waals surface area contributed by atoms with Gasteiger partial charge in [-0.15, -0.1) is 0 Å². The van der Waals surface area contributed by atoms with Gasteiger partial charge in [0.15, 0.2) is 9.84 Å². The van der Waals surface area contributed by atoms with E-state index in [4.69, 9.17) is 4.98 Å². The average Bonchev–Trinajstić information content (AvgIpc) is 3.40. The van der Waals surface area contributed by atoms with E-state index in [1.54, 1.807) is 13.8 Å². The molecule has 0 aliphatic heterocycles. The van der Waals surface area contributed by atoms with Gasteiger partial charge in [-0.25, -0.2) is 13.4 Å². The van der Waals surface area contributed by atoms with Crippen LogP contribution in [0.1, 0.15) is 76.5 Å². The summed E-state index contributed by atoms with van der Waals surface area (Å²) in [4.78, 5) is 13.5. The molecule has 0 saturated heterocycles. The van der Waals surface area contributed by atoms with Crippen LogP contribution in [0.15, 0.2) is 36.7 Å². The quantitative estimate of drug-likeness (QED) is 0.326. The van der Waals surface area contributed by atoms with E-state index in [0.29, 0.717) is 24.4 Å². The summed E-state index contributed by atoms with van der Waals surface area (Å²) in [5.41, 5.74) is 7.83. The number of rotatable bonds is 7. The van der Waals surface area contributed by atoms with Crippen molar-refractivity contribution >= 4 is 31.9 Å². The molecule has 5 rings (SSSR count). The van der Waals surface area contributed by atoms with Crippen molar-refractivity contribution in [3.8, 4) is 11.3 Å². The van der Waals surface area contributed by atoms with Crippen molar-refractivity contribution in [2.24, 2.45) is 7.05 Å². The number of hydrogen-bond acceptors (Lipinski definition) is 5. The number of aromatic nitrogens is 4. The molecule has 4 aromatic rings. The molecule has 1 aliphatic rings. The Kier molecular flexibility index (Phi) is 6.69. The second-order valence-corrected chi connectivity index (χ2v) is 14.3. The molecule has 4 heterocycles. The first-order valence-electron chi connectivity index (χ1n) is 13.3. The normalized spacial score (nSPS) is 19.3. The van der Waals surface area contributed by atoms with Crippen molar-refractivity contribution in [2.45, 2.75) is 76.0 Å². The molecule has 1 fully saturated rings. The highest BCUT2D eigenvalue weighted by molar-refractivity contribution is 7.92. The van der Waals surface area contributed by atoms with Crippen LogP contribution in [-0.2, 0) is 16.9 Å². The van der Waals surface area contributed by atoms with Crippen LogP contribution in [0.4, 0.5) is 0 Å². The molecule has 2 N–H and O–H groups in total. The second kappa shape index (κ2) is 9.55. The van der Waals surface area contributed by atoms with Gasteiger partial charge in [0.05, 0.1) is 21.5 Å². The van der Waals surface area contributed by atoms with Crippen LogP contribution in [0, 0.1) is 0 Å². The van der Waals surface area contributed by atoms with Crippen molar-refractivity contribution in [3.63, 3.8) is 0 Å². The highest BCUT2D eigenvalue weighted by atomic mass is 32.2. The van der Waals surface area contributed by atoms with Crippen molar-refractivity contribution in [1.29, 1.82) is 0 Å². The predicted molar refractivity (Wildman–Crippen MR) is 152 cm³/mol. The summed E-state index contributed by atoms with van der Waals surface area (Å²) in [6, 6.07) is 8.85. The third-order valence-electron chi connectivity index (χ3n) is 8.25. The molecule has 7 nitrogen and oxygen atoms in total. The number of aryl methyl sites for hydroxylation is 1. The van der Waals surface area contributed by atoms with Crippen LogP contribution in [0.5, 0.6) is 0 Å². The van der Waals surface area contributed by atoms with E-state index in [2.05, 4.69) is 58.1 Å². The Morgan fingerprint density at radius 1 is 1.16 bits per heavy atom. The molecule has 198 valence electrons.